The van der Waals surface area contributed by atoms with E-state index in [2.05, 4.69) is 24.5 Å². The first-order chi connectivity index (χ1) is 8.77. The third-order valence-electron chi connectivity index (χ3n) is 4.07. The van der Waals surface area contributed by atoms with Crippen molar-refractivity contribution in [2.75, 3.05) is 13.1 Å². The lowest BCUT2D eigenvalue weighted by atomic mass is 10.0. The van der Waals surface area contributed by atoms with Gasteiger partial charge in [-0.25, -0.2) is 0 Å². The molecule has 0 saturated heterocycles. The second-order valence-corrected chi connectivity index (χ2v) is 5.45. The van der Waals surface area contributed by atoms with Crippen molar-refractivity contribution in [3.63, 3.8) is 0 Å². The van der Waals surface area contributed by atoms with E-state index in [4.69, 9.17) is 0 Å². The zero-order chi connectivity index (χ0) is 13.2. The number of halogens is 1. The van der Waals surface area contributed by atoms with Crippen LogP contribution < -0.4 is 10.6 Å². The van der Waals surface area contributed by atoms with Crippen LogP contribution in [0.3, 0.4) is 0 Å². The molecule has 0 aromatic rings. The van der Waals surface area contributed by atoms with Crippen molar-refractivity contribution in [2.45, 2.75) is 71.3 Å². The average Bonchev–Trinajstić information content (AvgIpc) is 2.65. The Morgan fingerprint density at radius 2 is 1.63 bits per heavy atom. The number of rotatable bonds is 7. The highest BCUT2D eigenvalue weighted by Gasteiger charge is 2.14. The van der Waals surface area contributed by atoms with E-state index in [9.17, 15) is 4.79 Å². The normalized spacial score (nSPS) is 16.8. The maximum Gasteiger partial charge on any atom is 0.223 e. The molecule has 0 aromatic carbocycles. The second kappa shape index (κ2) is 11.5. The first-order valence-electron chi connectivity index (χ1n) is 7.79. The molecule has 1 fully saturated rings. The van der Waals surface area contributed by atoms with Gasteiger partial charge in [0.2, 0.25) is 5.91 Å². The summed E-state index contributed by atoms with van der Waals surface area (Å²) in [6.07, 6.45) is 10.0. The number of nitrogens with one attached hydrogen (secondary N) is 2. The van der Waals surface area contributed by atoms with E-state index in [1.807, 2.05) is 0 Å². The van der Waals surface area contributed by atoms with E-state index in [0.717, 1.165) is 25.9 Å². The summed E-state index contributed by atoms with van der Waals surface area (Å²) in [7, 11) is 0. The van der Waals surface area contributed by atoms with Crippen LogP contribution in [0, 0.1) is 5.92 Å². The van der Waals surface area contributed by atoms with Crippen LogP contribution in [0.1, 0.15) is 65.2 Å². The number of carbonyl (C=O) groups excluding carboxylic acids is 1. The summed E-state index contributed by atoms with van der Waals surface area (Å²) in [5.41, 5.74) is 0. The minimum Gasteiger partial charge on any atom is -0.355 e. The summed E-state index contributed by atoms with van der Waals surface area (Å²) < 4.78 is 0. The Kier molecular flexibility index (Phi) is 11.4. The van der Waals surface area contributed by atoms with Crippen LogP contribution in [0.25, 0.3) is 0 Å². The van der Waals surface area contributed by atoms with Crippen LogP contribution in [-0.2, 0) is 4.79 Å². The Morgan fingerprint density at radius 1 is 1.05 bits per heavy atom. The summed E-state index contributed by atoms with van der Waals surface area (Å²) >= 11 is 0. The molecule has 2 N–H and O–H groups in total. The third-order valence-corrected chi connectivity index (χ3v) is 4.07. The molecular weight excluding hydrogens is 260 g/mol. The van der Waals surface area contributed by atoms with Crippen molar-refractivity contribution in [1.82, 2.24) is 10.6 Å². The Hall–Kier alpha value is -0.280. The molecule has 0 aliphatic heterocycles. The largest absolute Gasteiger partial charge is 0.355 e. The molecule has 0 heterocycles. The fraction of sp³-hybridized carbons (Fsp3) is 0.933. The highest BCUT2D eigenvalue weighted by atomic mass is 35.5. The maximum absolute atomic E-state index is 11.8. The van der Waals surface area contributed by atoms with Crippen LogP contribution in [0.15, 0.2) is 0 Å². The van der Waals surface area contributed by atoms with E-state index in [1.54, 1.807) is 0 Å². The van der Waals surface area contributed by atoms with E-state index in [-0.39, 0.29) is 24.2 Å². The molecule has 19 heavy (non-hydrogen) atoms. The van der Waals surface area contributed by atoms with Gasteiger partial charge in [-0.1, -0.05) is 39.5 Å². The molecule has 1 aliphatic rings. The van der Waals surface area contributed by atoms with Crippen LogP contribution in [0.4, 0.5) is 0 Å². The Morgan fingerprint density at radius 3 is 2.16 bits per heavy atom. The summed E-state index contributed by atoms with van der Waals surface area (Å²) in [5.74, 6) is 0.422. The zero-order valence-corrected chi connectivity index (χ0v) is 13.4. The van der Waals surface area contributed by atoms with Crippen LogP contribution in [-0.4, -0.2) is 25.0 Å². The Bertz CT molecular complexity index is 224. The Balaban J connectivity index is 0.00000324. The van der Waals surface area contributed by atoms with Crippen molar-refractivity contribution in [3.05, 3.63) is 0 Å². The Labute approximate surface area is 124 Å². The topological polar surface area (TPSA) is 41.1 Å². The fourth-order valence-electron chi connectivity index (χ4n) is 2.75. The first kappa shape index (κ1) is 18.7. The molecule has 0 radical (unpaired) electrons. The second-order valence-electron chi connectivity index (χ2n) is 5.45. The first-order valence-corrected chi connectivity index (χ1v) is 7.79. The SMILES string of the molecule is CCC(CC)C(=O)NCCNC1CCCCCC1.Cl. The van der Waals surface area contributed by atoms with Gasteiger partial charge in [-0.2, -0.15) is 0 Å². The van der Waals surface area contributed by atoms with E-state index < -0.39 is 0 Å². The lowest BCUT2D eigenvalue weighted by Gasteiger charge is -2.17. The van der Waals surface area contributed by atoms with Gasteiger partial charge in [0, 0.05) is 25.0 Å². The van der Waals surface area contributed by atoms with Crippen molar-refractivity contribution < 1.29 is 4.79 Å². The quantitative estimate of drug-likeness (QED) is 0.558. The van der Waals surface area contributed by atoms with E-state index >= 15 is 0 Å². The number of hydrogen-bond acceptors (Lipinski definition) is 2. The average molecular weight is 291 g/mol. The molecule has 114 valence electrons. The molecule has 0 bridgehead atoms. The molecule has 0 unspecified atom stereocenters. The zero-order valence-electron chi connectivity index (χ0n) is 12.5. The van der Waals surface area contributed by atoms with Crippen LogP contribution in [0.2, 0.25) is 0 Å². The summed E-state index contributed by atoms with van der Waals surface area (Å²) in [4.78, 5) is 11.8. The lowest BCUT2D eigenvalue weighted by Crippen LogP contribution is -2.38. The highest BCUT2D eigenvalue weighted by Crippen LogP contribution is 2.16. The van der Waals surface area contributed by atoms with Gasteiger partial charge in [0.15, 0.2) is 0 Å². The predicted molar refractivity (Wildman–Crippen MR) is 83.8 cm³/mol. The summed E-state index contributed by atoms with van der Waals surface area (Å²) in [5, 5.41) is 6.62. The molecule has 1 aliphatic carbocycles. The fourth-order valence-corrected chi connectivity index (χ4v) is 2.75. The van der Waals surface area contributed by atoms with Crippen molar-refractivity contribution in [1.29, 1.82) is 0 Å². The molecule has 0 atom stereocenters. The smallest absolute Gasteiger partial charge is 0.223 e. The lowest BCUT2D eigenvalue weighted by molar-refractivity contribution is -0.125. The van der Waals surface area contributed by atoms with Gasteiger partial charge in [-0.05, 0) is 25.7 Å². The third kappa shape index (κ3) is 7.78. The molecular formula is C15H31ClN2O. The van der Waals surface area contributed by atoms with Gasteiger partial charge in [0.1, 0.15) is 0 Å². The number of carbonyl (C=O) groups is 1. The monoisotopic (exact) mass is 290 g/mol. The molecule has 1 amide bonds. The maximum atomic E-state index is 11.8. The van der Waals surface area contributed by atoms with Crippen molar-refractivity contribution in [2.24, 2.45) is 5.92 Å². The van der Waals surface area contributed by atoms with Crippen LogP contribution >= 0.6 is 12.4 Å². The van der Waals surface area contributed by atoms with Gasteiger partial charge in [0.25, 0.3) is 0 Å². The van der Waals surface area contributed by atoms with Gasteiger partial charge in [0.05, 0.1) is 0 Å². The minimum atomic E-state index is 0. The summed E-state index contributed by atoms with van der Waals surface area (Å²) in [6.45, 7) is 5.84. The number of hydrogen-bond donors (Lipinski definition) is 2. The van der Waals surface area contributed by atoms with Gasteiger partial charge < -0.3 is 10.6 Å². The predicted octanol–water partition coefficient (Wildman–Crippen LogP) is 3.27. The molecule has 4 heteroatoms. The van der Waals surface area contributed by atoms with Gasteiger partial charge >= 0.3 is 0 Å². The highest BCUT2D eigenvalue weighted by molar-refractivity contribution is 5.85. The van der Waals surface area contributed by atoms with E-state index in [0.29, 0.717) is 6.04 Å². The van der Waals surface area contributed by atoms with Crippen LogP contribution in [0.5, 0.6) is 0 Å². The molecule has 1 saturated carbocycles. The van der Waals surface area contributed by atoms with Crippen molar-refractivity contribution in [3.8, 4) is 0 Å². The molecule has 0 spiro atoms. The summed E-state index contributed by atoms with van der Waals surface area (Å²) in [6, 6.07) is 0.678. The number of amides is 1. The molecule has 0 aromatic heterocycles. The minimum absolute atomic E-state index is 0. The molecule has 3 nitrogen and oxygen atoms in total. The van der Waals surface area contributed by atoms with Gasteiger partial charge in [-0.15, -0.1) is 12.4 Å². The van der Waals surface area contributed by atoms with Gasteiger partial charge in [-0.3, -0.25) is 4.79 Å². The molecule has 1 rings (SSSR count). The standard InChI is InChI=1S/C15H30N2O.ClH/c1-3-13(4-2)15(18)17-12-11-16-14-9-7-5-6-8-10-14;/h13-14,16H,3-12H2,1-2H3,(H,17,18);1H. The van der Waals surface area contributed by atoms with E-state index in [1.165, 1.54) is 38.5 Å². The van der Waals surface area contributed by atoms with Crippen molar-refractivity contribution >= 4 is 18.3 Å².